The van der Waals surface area contributed by atoms with Gasteiger partial charge in [0.1, 0.15) is 6.61 Å². The first kappa shape index (κ1) is 16.8. The normalized spacial score (nSPS) is 19.3. The monoisotopic (exact) mass is 331 g/mol. The second-order valence-electron chi connectivity index (χ2n) is 6.42. The van der Waals surface area contributed by atoms with Crippen molar-refractivity contribution in [2.45, 2.75) is 19.4 Å². The number of ether oxygens (including phenoxy) is 1. The van der Waals surface area contributed by atoms with Gasteiger partial charge in [0, 0.05) is 25.6 Å². The van der Waals surface area contributed by atoms with Crippen LogP contribution in [0.3, 0.4) is 0 Å². The summed E-state index contributed by atoms with van der Waals surface area (Å²) in [6, 6.07) is 9.98. The Hall–Kier alpha value is -2.08. The molecule has 2 saturated heterocycles. The van der Waals surface area contributed by atoms with Gasteiger partial charge in [-0.1, -0.05) is 30.3 Å². The predicted octanol–water partition coefficient (Wildman–Crippen LogP) is 1.47. The highest BCUT2D eigenvalue weighted by atomic mass is 16.6. The van der Waals surface area contributed by atoms with E-state index in [4.69, 9.17) is 4.74 Å². The van der Waals surface area contributed by atoms with Gasteiger partial charge in [0.05, 0.1) is 6.54 Å². The van der Waals surface area contributed by atoms with E-state index in [1.165, 1.54) is 0 Å². The summed E-state index contributed by atoms with van der Waals surface area (Å²) < 4.78 is 4.93. The van der Waals surface area contributed by atoms with E-state index in [-0.39, 0.29) is 17.9 Å². The van der Waals surface area contributed by atoms with Crippen LogP contribution in [0, 0.1) is 5.92 Å². The molecule has 0 bridgehead atoms. The molecule has 1 aromatic carbocycles. The molecule has 24 heavy (non-hydrogen) atoms. The number of carbonyl (C=O) groups excluding carboxylic acids is 2. The highest BCUT2D eigenvalue weighted by Gasteiger charge is 2.26. The van der Waals surface area contributed by atoms with Gasteiger partial charge in [-0.3, -0.25) is 4.79 Å². The first-order valence-corrected chi connectivity index (χ1v) is 8.68. The molecule has 2 fully saturated rings. The van der Waals surface area contributed by atoms with E-state index in [0.29, 0.717) is 26.2 Å². The van der Waals surface area contributed by atoms with Crippen LogP contribution in [0.25, 0.3) is 0 Å². The molecule has 6 heteroatoms. The number of benzene rings is 1. The molecule has 130 valence electrons. The number of hydrogen-bond acceptors (Lipinski definition) is 4. The van der Waals surface area contributed by atoms with Gasteiger partial charge in [-0.05, 0) is 31.5 Å². The molecule has 3 rings (SSSR count). The van der Waals surface area contributed by atoms with E-state index < -0.39 is 0 Å². The van der Waals surface area contributed by atoms with E-state index in [9.17, 15) is 9.59 Å². The molecule has 0 saturated carbocycles. The maximum Gasteiger partial charge on any atom is 0.409 e. The SMILES string of the molecule is O=C(NCc1ccccc1)C1CCN(CCN2CCOC2=O)CC1. The van der Waals surface area contributed by atoms with Gasteiger partial charge < -0.3 is 19.9 Å². The van der Waals surface area contributed by atoms with Crippen molar-refractivity contribution in [3.05, 3.63) is 35.9 Å². The van der Waals surface area contributed by atoms with Crippen molar-refractivity contribution in [1.82, 2.24) is 15.1 Å². The zero-order valence-corrected chi connectivity index (χ0v) is 13.9. The maximum atomic E-state index is 12.3. The number of likely N-dealkylation sites (tertiary alicyclic amines) is 1. The van der Waals surface area contributed by atoms with Gasteiger partial charge in [0.15, 0.2) is 0 Å². The number of rotatable bonds is 6. The van der Waals surface area contributed by atoms with Crippen molar-refractivity contribution in [2.24, 2.45) is 5.92 Å². The van der Waals surface area contributed by atoms with E-state index >= 15 is 0 Å². The van der Waals surface area contributed by atoms with Crippen molar-refractivity contribution in [1.29, 1.82) is 0 Å². The Labute approximate surface area is 142 Å². The lowest BCUT2D eigenvalue weighted by molar-refractivity contribution is -0.126. The second-order valence-corrected chi connectivity index (χ2v) is 6.42. The fraction of sp³-hybridized carbons (Fsp3) is 0.556. The summed E-state index contributed by atoms with van der Waals surface area (Å²) >= 11 is 0. The molecule has 0 aliphatic carbocycles. The minimum Gasteiger partial charge on any atom is -0.448 e. The molecule has 2 aliphatic rings. The predicted molar refractivity (Wildman–Crippen MR) is 90.4 cm³/mol. The van der Waals surface area contributed by atoms with E-state index in [1.807, 2.05) is 30.3 Å². The molecule has 6 nitrogen and oxygen atoms in total. The van der Waals surface area contributed by atoms with Crippen LogP contribution < -0.4 is 5.32 Å². The molecule has 0 atom stereocenters. The van der Waals surface area contributed by atoms with Gasteiger partial charge in [-0.2, -0.15) is 0 Å². The molecule has 0 aromatic heterocycles. The third-order valence-corrected chi connectivity index (χ3v) is 4.80. The van der Waals surface area contributed by atoms with Gasteiger partial charge in [0.2, 0.25) is 5.91 Å². The molecule has 2 amide bonds. The Kier molecular flexibility index (Phi) is 5.69. The van der Waals surface area contributed by atoms with Crippen LogP contribution in [-0.4, -0.2) is 61.1 Å². The number of nitrogens with one attached hydrogen (secondary N) is 1. The number of hydrogen-bond donors (Lipinski definition) is 1. The molecule has 0 unspecified atom stereocenters. The average molecular weight is 331 g/mol. The van der Waals surface area contributed by atoms with Crippen LogP contribution in [0.2, 0.25) is 0 Å². The Balaban J connectivity index is 1.35. The first-order chi connectivity index (χ1) is 11.7. The quantitative estimate of drug-likeness (QED) is 0.857. The third kappa shape index (κ3) is 4.47. The Morgan fingerprint density at radius 2 is 1.88 bits per heavy atom. The Morgan fingerprint density at radius 1 is 1.12 bits per heavy atom. The molecule has 2 aliphatic heterocycles. The van der Waals surface area contributed by atoms with Crippen LogP contribution in [0.1, 0.15) is 18.4 Å². The van der Waals surface area contributed by atoms with E-state index in [2.05, 4.69) is 10.2 Å². The largest absolute Gasteiger partial charge is 0.448 e. The summed E-state index contributed by atoms with van der Waals surface area (Å²) in [5.74, 6) is 0.253. The number of amides is 2. The first-order valence-electron chi connectivity index (χ1n) is 8.68. The number of carbonyl (C=O) groups is 2. The lowest BCUT2D eigenvalue weighted by Crippen LogP contribution is -2.43. The number of nitrogens with zero attached hydrogens (tertiary/aromatic N) is 2. The van der Waals surface area contributed by atoms with E-state index in [1.54, 1.807) is 4.90 Å². The summed E-state index contributed by atoms with van der Waals surface area (Å²) in [5.41, 5.74) is 1.13. The minimum atomic E-state index is -0.204. The van der Waals surface area contributed by atoms with Gasteiger partial charge in [0.25, 0.3) is 0 Å². The Morgan fingerprint density at radius 3 is 2.54 bits per heavy atom. The van der Waals surface area contributed by atoms with Crippen LogP contribution in [0.4, 0.5) is 4.79 Å². The van der Waals surface area contributed by atoms with Crippen molar-refractivity contribution in [2.75, 3.05) is 39.3 Å². The van der Waals surface area contributed by atoms with Crippen LogP contribution in [0.15, 0.2) is 30.3 Å². The van der Waals surface area contributed by atoms with Crippen LogP contribution in [0.5, 0.6) is 0 Å². The smallest absolute Gasteiger partial charge is 0.409 e. The highest BCUT2D eigenvalue weighted by Crippen LogP contribution is 2.17. The van der Waals surface area contributed by atoms with Crippen molar-refractivity contribution < 1.29 is 14.3 Å². The molecule has 1 N–H and O–H groups in total. The molecular formula is C18H25N3O3. The molecular weight excluding hydrogens is 306 g/mol. The summed E-state index contributed by atoms with van der Waals surface area (Å²) in [5, 5.41) is 3.04. The molecule has 0 spiro atoms. The number of piperidine rings is 1. The second kappa shape index (κ2) is 8.15. The fourth-order valence-electron chi connectivity index (χ4n) is 3.24. The third-order valence-electron chi connectivity index (χ3n) is 4.80. The van der Waals surface area contributed by atoms with Crippen molar-refractivity contribution >= 4 is 12.0 Å². The zero-order chi connectivity index (χ0) is 16.8. The molecule has 1 aromatic rings. The lowest BCUT2D eigenvalue weighted by Gasteiger charge is -2.32. The summed E-state index contributed by atoms with van der Waals surface area (Å²) in [4.78, 5) is 27.8. The van der Waals surface area contributed by atoms with E-state index in [0.717, 1.165) is 38.0 Å². The van der Waals surface area contributed by atoms with Gasteiger partial charge in [-0.25, -0.2) is 4.79 Å². The minimum absolute atomic E-state index is 0.0988. The van der Waals surface area contributed by atoms with Gasteiger partial charge >= 0.3 is 6.09 Å². The fourth-order valence-corrected chi connectivity index (χ4v) is 3.24. The topological polar surface area (TPSA) is 61.9 Å². The summed E-state index contributed by atoms with van der Waals surface area (Å²) in [7, 11) is 0. The summed E-state index contributed by atoms with van der Waals surface area (Å²) in [6.07, 6.45) is 1.56. The highest BCUT2D eigenvalue weighted by molar-refractivity contribution is 5.78. The Bertz CT molecular complexity index is 556. The van der Waals surface area contributed by atoms with Crippen LogP contribution >= 0.6 is 0 Å². The van der Waals surface area contributed by atoms with Crippen molar-refractivity contribution in [3.8, 4) is 0 Å². The van der Waals surface area contributed by atoms with Crippen molar-refractivity contribution in [3.63, 3.8) is 0 Å². The summed E-state index contributed by atoms with van der Waals surface area (Å²) in [6.45, 7) is 5.17. The lowest BCUT2D eigenvalue weighted by atomic mass is 9.96. The molecule has 2 heterocycles. The maximum absolute atomic E-state index is 12.3. The number of cyclic esters (lactones) is 1. The zero-order valence-electron chi connectivity index (χ0n) is 13.9. The van der Waals surface area contributed by atoms with Gasteiger partial charge in [-0.15, -0.1) is 0 Å². The average Bonchev–Trinajstić information content (AvgIpc) is 3.04. The van der Waals surface area contributed by atoms with Crippen LogP contribution in [-0.2, 0) is 16.1 Å². The molecule has 0 radical (unpaired) electrons. The standard InChI is InChI=1S/C18H25N3O3/c22-17(19-14-15-4-2-1-3-5-15)16-6-8-20(9-7-16)10-11-21-12-13-24-18(21)23/h1-5,16H,6-14H2,(H,19,22).